The lowest BCUT2D eigenvalue weighted by atomic mass is 9.68. The van der Waals surface area contributed by atoms with E-state index in [0.717, 1.165) is 24.9 Å². The van der Waals surface area contributed by atoms with E-state index in [0.29, 0.717) is 6.54 Å². The van der Waals surface area contributed by atoms with Crippen molar-refractivity contribution in [3.8, 4) is 0 Å². The normalized spacial score (nSPS) is 24.2. The predicted molar refractivity (Wildman–Crippen MR) is 83.9 cm³/mol. The van der Waals surface area contributed by atoms with Crippen molar-refractivity contribution in [1.82, 2.24) is 4.90 Å². The molecule has 1 aliphatic heterocycles. The molecule has 1 aliphatic carbocycles. The summed E-state index contributed by atoms with van der Waals surface area (Å²) in [5.74, 6) is -0.207. The maximum atomic E-state index is 13.3. The number of carbonyl (C=O) groups is 1. The molecule has 1 aromatic rings. The fraction of sp³-hybridized carbons (Fsp3) is 0.500. The molecule has 1 heterocycles. The van der Waals surface area contributed by atoms with E-state index < -0.39 is 5.60 Å². The van der Waals surface area contributed by atoms with Gasteiger partial charge in [0.25, 0.3) is 0 Å². The molecule has 118 valence electrons. The van der Waals surface area contributed by atoms with E-state index in [4.69, 9.17) is 4.74 Å². The largest absolute Gasteiger partial charge is 0.444 e. The van der Waals surface area contributed by atoms with E-state index in [1.807, 2.05) is 26.8 Å². The van der Waals surface area contributed by atoms with Crippen LogP contribution in [0.15, 0.2) is 30.3 Å². The summed E-state index contributed by atoms with van der Waals surface area (Å²) in [7, 11) is 0. The number of likely N-dealkylation sites (tertiary alicyclic amines) is 1. The average molecular weight is 303 g/mol. The number of amides is 1. The number of halogens is 1. The molecule has 0 N–H and O–H groups in total. The lowest BCUT2D eigenvalue weighted by Gasteiger charge is -2.36. The standard InChI is InChI=1S/C18H22FNO2/c1-17(2,3)22-16(21)20-8-7-18(12-20)10-14(11-18)13-5-4-6-15(19)9-13/h4-6,9-10H,7-8,11-12H2,1-3H3. The fourth-order valence-corrected chi connectivity index (χ4v) is 3.23. The van der Waals surface area contributed by atoms with Gasteiger partial charge in [0, 0.05) is 18.5 Å². The highest BCUT2D eigenvalue weighted by molar-refractivity contribution is 5.74. The van der Waals surface area contributed by atoms with Crippen LogP contribution in [0.3, 0.4) is 0 Å². The van der Waals surface area contributed by atoms with Crippen molar-refractivity contribution in [2.75, 3.05) is 13.1 Å². The van der Waals surface area contributed by atoms with Crippen LogP contribution in [0.25, 0.3) is 5.57 Å². The fourth-order valence-electron chi connectivity index (χ4n) is 3.23. The van der Waals surface area contributed by atoms with Crippen molar-refractivity contribution in [1.29, 1.82) is 0 Å². The number of benzene rings is 1. The zero-order valence-corrected chi connectivity index (χ0v) is 13.4. The van der Waals surface area contributed by atoms with E-state index in [2.05, 4.69) is 6.08 Å². The highest BCUT2D eigenvalue weighted by atomic mass is 19.1. The van der Waals surface area contributed by atoms with Gasteiger partial charge in [-0.25, -0.2) is 9.18 Å². The molecule has 1 amide bonds. The summed E-state index contributed by atoms with van der Waals surface area (Å²) in [4.78, 5) is 13.9. The van der Waals surface area contributed by atoms with E-state index in [9.17, 15) is 9.18 Å². The van der Waals surface area contributed by atoms with Gasteiger partial charge in [-0.2, -0.15) is 0 Å². The van der Waals surface area contributed by atoms with Crippen LogP contribution < -0.4 is 0 Å². The van der Waals surface area contributed by atoms with Crippen molar-refractivity contribution in [2.45, 2.75) is 39.2 Å². The molecule has 1 atom stereocenters. The minimum Gasteiger partial charge on any atom is -0.444 e. The first-order chi connectivity index (χ1) is 10.3. The van der Waals surface area contributed by atoms with Gasteiger partial charge in [-0.3, -0.25) is 0 Å². The molecule has 0 aromatic heterocycles. The van der Waals surface area contributed by atoms with Gasteiger partial charge in [0.15, 0.2) is 0 Å². The molecule has 0 radical (unpaired) electrons. The third-order valence-electron chi connectivity index (χ3n) is 4.26. The first-order valence-corrected chi connectivity index (χ1v) is 7.72. The summed E-state index contributed by atoms with van der Waals surface area (Å²) < 4.78 is 18.7. The van der Waals surface area contributed by atoms with E-state index in [-0.39, 0.29) is 17.3 Å². The number of carbonyl (C=O) groups excluding carboxylic acids is 1. The second-order valence-corrected chi connectivity index (χ2v) is 7.37. The molecule has 4 heteroatoms. The van der Waals surface area contributed by atoms with Crippen LogP contribution in [0.2, 0.25) is 0 Å². The number of ether oxygens (including phenoxy) is 1. The van der Waals surface area contributed by atoms with Gasteiger partial charge in [0.05, 0.1) is 0 Å². The van der Waals surface area contributed by atoms with Crippen LogP contribution in [-0.2, 0) is 4.74 Å². The Labute approximate surface area is 130 Å². The van der Waals surface area contributed by atoms with Crippen LogP contribution in [0.1, 0.15) is 39.2 Å². The second-order valence-electron chi connectivity index (χ2n) is 7.37. The minimum absolute atomic E-state index is 0.0541. The predicted octanol–water partition coefficient (Wildman–Crippen LogP) is 4.24. The Bertz CT molecular complexity index is 632. The first kappa shape index (κ1) is 15.1. The van der Waals surface area contributed by atoms with Crippen LogP contribution in [0.5, 0.6) is 0 Å². The first-order valence-electron chi connectivity index (χ1n) is 7.72. The third-order valence-corrected chi connectivity index (χ3v) is 4.26. The summed E-state index contributed by atoms with van der Waals surface area (Å²) in [5.41, 5.74) is 1.71. The molecule has 22 heavy (non-hydrogen) atoms. The highest BCUT2D eigenvalue weighted by Gasteiger charge is 2.45. The van der Waals surface area contributed by atoms with E-state index in [1.54, 1.807) is 17.0 Å². The molecule has 3 nitrogen and oxygen atoms in total. The Morgan fingerprint density at radius 1 is 1.36 bits per heavy atom. The molecular formula is C18H22FNO2. The molecule has 1 fully saturated rings. The van der Waals surface area contributed by atoms with Gasteiger partial charge < -0.3 is 9.64 Å². The van der Waals surface area contributed by atoms with E-state index >= 15 is 0 Å². The summed E-state index contributed by atoms with van der Waals surface area (Å²) in [6.07, 6.45) is 3.81. The SMILES string of the molecule is CC(C)(C)OC(=O)N1CCC2(C=C(c3cccc(F)c3)C2)C1. The van der Waals surface area contributed by atoms with E-state index in [1.165, 1.54) is 11.6 Å². The van der Waals surface area contributed by atoms with Crippen LogP contribution in [0.4, 0.5) is 9.18 Å². The zero-order chi connectivity index (χ0) is 16.0. The van der Waals surface area contributed by atoms with Crippen LogP contribution >= 0.6 is 0 Å². The van der Waals surface area contributed by atoms with Gasteiger partial charge >= 0.3 is 6.09 Å². The summed E-state index contributed by atoms with van der Waals surface area (Å²) in [6, 6.07) is 6.69. The van der Waals surface area contributed by atoms with Gasteiger partial charge in [0.1, 0.15) is 11.4 Å². The molecule has 3 rings (SSSR count). The van der Waals surface area contributed by atoms with Gasteiger partial charge in [-0.15, -0.1) is 0 Å². The van der Waals surface area contributed by atoms with Crippen molar-refractivity contribution >= 4 is 11.7 Å². The number of hydrogen-bond acceptors (Lipinski definition) is 2. The molecule has 1 saturated heterocycles. The van der Waals surface area contributed by atoms with Crippen LogP contribution in [-0.4, -0.2) is 29.7 Å². The molecule has 1 spiro atoms. The molecule has 0 bridgehead atoms. The molecule has 2 aliphatic rings. The smallest absolute Gasteiger partial charge is 0.410 e. The number of allylic oxidation sites excluding steroid dienone is 1. The van der Waals surface area contributed by atoms with Crippen molar-refractivity contribution in [3.63, 3.8) is 0 Å². The Hall–Kier alpha value is -1.84. The number of nitrogens with zero attached hydrogens (tertiary/aromatic N) is 1. The van der Waals surface area contributed by atoms with Gasteiger partial charge in [-0.1, -0.05) is 18.2 Å². The average Bonchev–Trinajstić information content (AvgIpc) is 2.80. The summed E-state index contributed by atoms with van der Waals surface area (Å²) >= 11 is 0. The lowest BCUT2D eigenvalue weighted by Crippen LogP contribution is -2.38. The Kier molecular flexibility index (Phi) is 3.50. The van der Waals surface area contributed by atoms with Crippen molar-refractivity contribution < 1.29 is 13.9 Å². The maximum Gasteiger partial charge on any atom is 0.410 e. The Morgan fingerprint density at radius 2 is 2.09 bits per heavy atom. The van der Waals surface area contributed by atoms with Crippen molar-refractivity contribution in [3.05, 3.63) is 41.7 Å². The lowest BCUT2D eigenvalue weighted by molar-refractivity contribution is 0.0279. The topological polar surface area (TPSA) is 29.5 Å². The third kappa shape index (κ3) is 3.01. The van der Waals surface area contributed by atoms with Crippen LogP contribution in [0, 0.1) is 11.2 Å². The molecule has 0 saturated carbocycles. The maximum absolute atomic E-state index is 13.3. The second kappa shape index (κ2) is 5.11. The monoisotopic (exact) mass is 303 g/mol. The number of hydrogen-bond donors (Lipinski definition) is 0. The number of rotatable bonds is 1. The highest BCUT2D eigenvalue weighted by Crippen LogP contribution is 2.50. The quantitative estimate of drug-likeness (QED) is 0.776. The Balaban J connectivity index is 1.66. The van der Waals surface area contributed by atoms with Crippen molar-refractivity contribution in [2.24, 2.45) is 5.41 Å². The zero-order valence-electron chi connectivity index (χ0n) is 13.4. The Morgan fingerprint density at radius 3 is 2.73 bits per heavy atom. The molecule has 1 aromatic carbocycles. The summed E-state index contributed by atoms with van der Waals surface area (Å²) in [5, 5.41) is 0. The summed E-state index contributed by atoms with van der Waals surface area (Å²) in [6.45, 7) is 7.05. The molecule has 1 unspecified atom stereocenters. The van der Waals surface area contributed by atoms with Gasteiger partial charge in [0.2, 0.25) is 0 Å². The van der Waals surface area contributed by atoms with Gasteiger partial charge in [-0.05, 0) is 56.9 Å². The molecular weight excluding hydrogens is 281 g/mol. The minimum atomic E-state index is -0.463.